The Morgan fingerprint density at radius 3 is 0.778 bits per heavy atom. The Bertz CT molecular complexity index is 2470. The van der Waals surface area contributed by atoms with Crippen LogP contribution in [0.5, 0.6) is 0 Å². The van der Waals surface area contributed by atoms with Crippen molar-refractivity contribution in [2.75, 3.05) is 39.6 Å². The number of benzene rings is 6. The van der Waals surface area contributed by atoms with Crippen molar-refractivity contribution >= 4 is 0 Å². The van der Waals surface area contributed by atoms with E-state index in [-0.39, 0.29) is 0 Å². The topological polar surface area (TPSA) is 75.2 Å². The third-order valence-corrected chi connectivity index (χ3v) is 16.7. The average Bonchev–Trinajstić information content (AvgIpc) is 4.19. The molecule has 72 heavy (non-hydrogen) atoms. The number of rotatable bonds is 29. The molecular formula is C66H74O6. The van der Waals surface area contributed by atoms with Crippen LogP contribution in [0, 0.1) is 0 Å². The Kier molecular flexibility index (Phi) is 15.1. The Labute approximate surface area is 428 Å². The van der Waals surface area contributed by atoms with Gasteiger partial charge in [-0.05, 0) is 142 Å². The van der Waals surface area contributed by atoms with E-state index in [4.69, 9.17) is 28.4 Å². The van der Waals surface area contributed by atoms with Crippen molar-refractivity contribution < 1.29 is 28.4 Å². The van der Waals surface area contributed by atoms with E-state index in [1.165, 1.54) is 66.8 Å². The summed E-state index contributed by atoms with van der Waals surface area (Å²) in [7, 11) is 0. The zero-order chi connectivity index (χ0) is 48.1. The van der Waals surface area contributed by atoms with Crippen molar-refractivity contribution in [2.45, 2.75) is 150 Å². The van der Waals surface area contributed by atoms with Crippen LogP contribution in [0.4, 0.5) is 0 Å². The van der Waals surface area contributed by atoms with Crippen LogP contribution in [-0.4, -0.2) is 76.3 Å². The molecule has 0 saturated carbocycles. The largest absolute Gasteiger partial charge is 0.373 e. The van der Waals surface area contributed by atoms with Gasteiger partial charge >= 0.3 is 0 Å². The van der Waals surface area contributed by atoms with Gasteiger partial charge in [0.1, 0.15) is 0 Å². The predicted octanol–water partition coefficient (Wildman–Crippen LogP) is 12.6. The normalized spacial score (nSPS) is 24.0. The molecule has 0 radical (unpaired) electrons. The second-order valence-electron chi connectivity index (χ2n) is 22.4. The van der Waals surface area contributed by atoms with Gasteiger partial charge in [0, 0.05) is 38.5 Å². The number of ether oxygens (including phenoxy) is 6. The van der Waals surface area contributed by atoms with Crippen molar-refractivity contribution in [3.63, 3.8) is 0 Å². The first-order valence-electron chi connectivity index (χ1n) is 27.7. The second kappa shape index (κ2) is 22.7. The molecule has 6 aromatic rings. The van der Waals surface area contributed by atoms with Crippen molar-refractivity contribution in [3.8, 4) is 0 Å². The van der Waals surface area contributed by atoms with Gasteiger partial charge in [-0.15, -0.1) is 0 Å². The molecule has 6 fully saturated rings. The Morgan fingerprint density at radius 2 is 0.514 bits per heavy atom. The summed E-state index contributed by atoms with van der Waals surface area (Å²) in [4.78, 5) is 0. The van der Waals surface area contributed by atoms with Crippen molar-refractivity contribution in [1.82, 2.24) is 0 Å². The lowest BCUT2D eigenvalue weighted by atomic mass is 9.75. The molecule has 0 aromatic heterocycles. The van der Waals surface area contributed by atoms with Crippen LogP contribution in [0.25, 0.3) is 0 Å². The van der Waals surface area contributed by atoms with E-state index < -0.39 is 0 Å². The fourth-order valence-electron chi connectivity index (χ4n) is 11.8. The zero-order valence-corrected chi connectivity index (χ0v) is 42.2. The molecular weight excluding hydrogens is 889 g/mol. The first-order chi connectivity index (χ1) is 35.5. The lowest BCUT2D eigenvalue weighted by molar-refractivity contribution is 0.405. The number of aryl methyl sites for hydroxylation is 2. The maximum absolute atomic E-state index is 5.73. The molecule has 0 N–H and O–H groups in total. The van der Waals surface area contributed by atoms with Crippen molar-refractivity contribution in [2.24, 2.45) is 0 Å². The zero-order valence-electron chi connectivity index (χ0n) is 42.2. The highest BCUT2D eigenvalue weighted by Gasteiger charge is 2.30. The van der Waals surface area contributed by atoms with Crippen molar-refractivity contribution in [3.05, 3.63) is 212 Å². The van der Waals surface area contributed by atoms with Crippen LogP contribution in [-0.2, 0) is 79.8 Å². The first kappa shape index (κ1) is 48.0. The quantitative estimate of drug-likeness (QED) is 0.0436. The third kappa shape index (κ3) is 14.0. The SMILES string of the molecule is c1ccc(CC2CO2)c(CCC(CC(CCC(CC(CCc2ccccc2CC2CO2)c2ccc(CC3CO3)cc2)c2ccc(CC3CO3)cc2)c2ccc(CC3CO3)cc2)c2ccc(CC3CO3)cc2)c1. The lowest BCUT2D eigenvalue weighted by Gasteiger charge is -2.29. The van der Waals surface area contributed by atoms with Crippen LogP contribution < -0.4 is 0 Å². The van der Waals surface area contributed by atoms with E-state index in [9.17, 15) is 0 Å². The molecule has 6 heteroatoms. The number of epoxide rings is 6. The van der Waals surface area contributed by atoms with Gasteiger partial charge in [-0.3, -0.25) is 0 Å². The Balaban J connectivity index is 0.851. The van der Waals surface area contributed by atoms with Gasteiger partial charge in [-0.2, -0.15) is 0 Å². The smallest absolute Gasteiger partial charge is 0.0850 e. The minimum absolute atomic E-state index is 0.375. The molecule has 10 unspecified atom stereocenters. The number of hydrogen-bond acceptors (Lipinski definition) is 6. The van der Waals surface area contributed by atoms with Crippen molar-refractivity contribution in [1.29, 1.82) is 0 Å². The average molecular weight is 963 g/mol. The highest BCUT2D eigenvalue weighted by Crippen LogP contribution is 2.43. The predicted molar refractivity (Wildman–Crippen MR) is 285 cm³/mol. The molecule has 12 rings (SSSR count). The van der Waals surface area contributed by atoms with Gasteiger partial charge in [0.25, 0.3) is 0 Å². The van der Waals surface area contributed by atoms with Crippen LogP contribution in [0.1, 0.15) is 129 Å². The number of hydrogen-bond donors (Lipinski definition) is 0. The molecule has 0 spiro atoms. The maximum Gasteiger partial charge on any atom is 0.0850 e. The molecule has 6 aliphatic heterocycles. The molecule has 6 heterocycles. The molecule has 10 atom stereocenters. The fourth-order valence-corrected chi connectivity index (χ4v) is 11.8. The van der Waals surface area contributed by atoms with E-state index in [1.807, 2.05) is 0 Å². The first-order valence-corrected chi connectivity index (χ1v) is 27.7. The molecule has 6 aliphatic rings. The molecule has 0 aliphatic carbocycles. The second-order valence-corrected chi connectivity index (χ2v) is 22.4. The summed E-state index contributed by atoms with van der Waals surface area (Å²) in [6, 6.07) is 57.0. The van der Waals surface area contributed by atoms with Gasteiger partial charge in [0.05, 0.1) is 76.3 Å². The highest BCUT2D eigenvalue weighted by molar-refractivity contribution is 5.35. The molecule has 6 aromatic carbocycles. The van der Waals surface area contributed by atoms with E-state index in [2.05, 4.69) is 146 Å². The summed E-state index contributed by atoms with van der Waals surface area (Å²) >= 11 is 0. The fraction of sp³-hybridized carbons (Fsp3) is 0.455. The summed E-state index contributed by atoms with van der Waals surface area (Å²) in [6.45, 7) is 5.31. The molecule has 6 saturated heterocycles. The molecule has 374 valence electrons. The van der Waals surface area contributed by atoms with E-state index >= 15 is 0 Å². The van der Waals surface area contributed by atoms with Crippen LogP contribution in [0.3, 0.4) is 0 Å². The minimum atomic E-state index is 0.375. The summed E-state index contributed by atoms with van der Waals surface area (Å²) < 4.78 is 34.1. The molecule has 0 bridgehead atoms. The monoisotopic (exact) mass is 963 g/mol. The summed E-state index contributed by atoms with van der Waals surface area (Å²) in [5.41, 5.74) is 17.2. The van der Waals surface area contributed by atoms with Crippen LogP contribution in [0.2, 0.25) is 0 Å². The summed E-state index contributed by atoms with van der Waals surface area (Å²) in [5, 5.41) is 0. The Morgan fingerprint density at radius 1 is 0.278 bits per heavy atom. The third-order valence-electron chi connectivity index (χ3n) is 16.7. The highest BCUT2D eigenvalue weighted by atomic mass is 16.6. The van der Waals surface area contributed by atoms with Gasteiger partial charge in [0.15, 0.2) is 0 Å². The minimum Gasteiger partial charge on any atom is -0.373 e. The standard InChI is InChI=1S/C66H74O6/c1-3-7-55(37-65-43-71-65)49(5-1)25-27-57(51-17-9-45(10-18-51)31-61-39-67-61)35-59(53-21-13-47(14-22-53)33-63-41-69-63)29-30-60(54-23-15-48(16-24-54)34-64-42-70-64)36-58(52-19-11-46(12-20-52)32-62-40-68-62)28-26-50-6-2-4-8-56(50)38-66-44-72-66/h1-24,57-66H,25-44H2. The summed E-state index contributed by atoms with van der Waals surface area (Å²) in [6.07, 6.45) is 17.1. The van der Waals surface area contributed by atoms with Crippen LogP contribution in [0.15, 0.2) is 146 Å². The van der Waals surface area contributed by atoms with E-state index in [0.29, 0.717) is 60.3 Å². The van der Waals surface area contributed by atoms with Crippen LogP contribution >= 0.6 is 0 Å². The van der Waals surface area contributed by atoms with E-state index in [0.717, 1.165) is 130 Å². The summed E-state index contributed by atoms with van der Waals surface area (Å²) in [5.74, 6) is 1.59. The maximum atomic E-state index is 5.73. The lowest BCUT2D eigenvalue weighted by Crippen LogP contribution is -2.13. The molecule has 6 nitrogen and oxygen atoms in total. The van der Waals surface area contributed by atoms with Gasteiger partial charge in [0.2, 0.25) is 0 Å². The van der Waals surface area contributed by atoms with Gasteiger partial charge in [-0.1, -0.05) is 146 Å². The van der Waals surface area contributed by atoms with E-state index in [1.54, 1.807) is 0 Å². The van der Waals surface area contributed by atoms with Gasteiger partial charge < -0.3 is 28.4 Å². The molecule has 0 amide bonds. The Hall–Kier alpha value is -4.92. The van der Waals surface area contributed by atoms with Gasteiger partial charge in [-0.25, -0.2) is 0 Å².